The van der Waals surface area contributed by atoms with Crippen molar-refractivity contribution in [1.82, 2.24) is 4.90 Å². The molecule has 164 valence electrons. The van der Waals surface area contributed by atoms with Gasteiger partial charge < -0.3 is 24.4 Å². The maximum absolute atomic E-state index is 13.1. The summed E-state index contributed by atoms with van der Waals surface area (Å²) in [4.78, 5) is 19.6. The summed E-state index contributed by atoms with van der Waals surface area (Å²) in [5, 5.41) is 11.9. The van der Waals surface area contributed by atoms with E-state index < -0.39 is 5.91 Å². The number of likely N-dealkylation sites (N-methyl/N-ethyl adjacent to an activating group) is 1. The maximum atomic E-state index is 13.1. The minimum atomic E-state index is -0.395. The number of carbonyl (C=O) groups excluding carboxylic acids is 1. The maximum Gasteiger partial charge on any atom is 0.291 e. The SMILES string of the molecule is CN1CCN(c2ccc(NC(=O)c3ccc(C#N)o3)c(N3CCC(CF)CC3)c2)CC1. The summed E-state index contributed by atoms with van der Waals surface area (Å²) in [6, 6.07) is 11.0. The molecule has 1 aromatic heterocycles. The summed E-state index contributed by atoms with van der Waals surface area (Å²) in [5.41, 5.74) is 2.75. The average Bonchev–Trinajstić information content (AvgIpc) is 3.30. The Labute approximate surface area is 182 Å². The molecular formula is C23H28FN5O2. The second kappa shape index (κ2) is 9.40. The predicted molar refractivity (Wildman–Crippen MR) is 118 cm³/mol. The summed E-state index contributed by atoms with van der Waals surface area (Å²) in [7, 11) is 2.13. The first-order chi connectivity index (χ1) is 15.1. The summed E-state index contributed by atoms with van der Waals surface area (Å²) in [6.45, 7) is 5.15. The van der Waals surface area contributed by atoms with E-state index in [9.17, 15) is 9.18 Å². The van der Waals surface area contributed by atoms with E-state index in [1.165, 1.54) is 12.1 Å². The Balaban J connectivity index is 1.58. The summed E-state index contributed by atoms with van der Waals surface area (Å²) >= 11 is 0. The molecule has 7 nitrogen and oxygen atoms in total. The first-order valence-electron chi connectivity index (χ1n) is 10.8. The Morgan fingerprint density at radius 1 is 1.13 bits per heavy atom. The number of furan rings is 1. The Morgan fingerprint density at radius 3 is 2.52 bits per heavy atom. The van der Waals surface area contributed by atoms with Gasteiger partial charge in [0.2, 0.25) is 5.76 Å². The Kier molecular flexibility index (Phi) is 6.42. The van der Waals surface area contributed by atoms with Crippen LogP contribution in [0, 0.1) is 17.2 Å². The number of carbonyl (C=O) groups is 1. The van der Waals surface area contributed by atoms with Crippen LogP contribution in [0.4, 0.5) is 21.5 Å². The number of amides is 1. The molecule has 2 aliphatic rings. The number of anilines is 3. The van der Waals surface area contributed by atoms with E-state index in [1.807, 2.05) is 18.2 Å². The molecule has 0 atom stereocenters. The number of nitrogens with zero attached hydrogens (tertiary/aromatic N) is 4. The zero-order chi connectivity index (χ0) is 21.8. The fraction of sp³-hybridized carbons (Fsp3) is 0.478. The van der Waals surface area contributed by atoms with Crippen molar-refractivity contribution in [2.75, 3.05) is 68.1 Å². The number of hydrogen-bond acceptors (Lipinski definition) is 6. The van der Waals surface area contributed by atoms with Crippen LogP contribution in [0.5, 0.6) is 0 Å². The molecule has 2 aromatic rings. The quantitative estimate of drug-likeness (QED) is 0.792. The number of nitriles is 1. The lowest BCUT2D eigenvalue weighted by atomic mass is 9.97. The molecule has 4 rings (SSSR count). The van der Waals surface area contributed by atoms with Crippen molar-refractivity contribution < 1.29 is 13.6 Å². The van der Waals surface area contributed by atoms with Gasteiger partial charge >= 0.3 is 0 Å². The molecule has 8 heteroatoms. The summed E-state index contributed by atoms with van der Waals surface area (Å²) in [5.74, 6) is -0.0813. The average molecular weight is 426 g/mol. The van der Waals surface area contributed by atoms with Gasteiger partial charge in [0.25, 0.3) is 5.91 Å². The largest absolute Gasteiger partial charge is 0.440 e. The van der Waals surface area contributed by atoms with E-state index in [4.69, 9.17) is 9.68 Å². The summed E-state index contributed by atoms with van der Waals surface area (Å²) < 4.78 is 18.4. The van der Waals surface area contributed by atoms with Gasteiger partial charge in [-0.15, -0.1) is 0 Å². The summed E-state index contributed by atoms with van der Waals surface area (Å²) in [6.07, 6.45) is 1.60. The lowest BCUT2D eigenvalue weighted by Crippen LogP contribution is -2.44. The number of rotatable bonds is 5. The Bertz CT molecular complexity index is 953. The van der Waals surface area contributed by atoms with Gasteiger partial charge in [-0.05, 0) is 56.1 Å². The molecule has 0 bridgehead atoms. The predicted octanol–water partition coefficient (Wildman–Crippen LogP) is 3.34. The van der Waals surface area contributed by atoms with Gasteiger partial charge in [-0.2, -0.15) is 5.26 Å². The molecule has 1 N–H and O–H groups in total. The molecule has 0 spiro atoms. The van der Waals surface area contributed by atoms with Crippen molar-refractivity contribution in [3.8, 4) is 6.07 Å². The topological polar surface area (TPSA) is 75.7 Å². The number of hydrogen-bond donors (Lipinski definition) is 1. The highest BCUT2D eigenvalue weighted by Crippen LogP contribution is 2.34. The van der Waals surface area contributed by atoms with Crippen molar-refractivity contribution in [3.63, 3.8) is 0 Å². The van der Waals surface area contributed by atoms with Gasteiger partial charge in [0.15, 0.2) is 5.76 Å². The zero-order valence-electron chi connectivity index (χ0n) is 17.8. The number of alkyl halides is 1. The molecule has 0 aliphatic carbocycles. The van der Waals surface area contributed by atoms with Crippen molar-refractivity contribution >= 4 is 23.0 Å². The van der Waals surface area contributed by atoms with Gasteiger partial charge in [0.1, 0.15) is 6.07 Å². The number of nitrogens with one attached hydrogen (secondary N) is 1. The number of halogens is 1. The minimum Gasteiger partial charge on any atom is -0.440 e. The normalized spacial score (nSPS) is 18.1. The van der Waals surface area contributed by atoms with Gasteiger partial charge in [-0.3, -0.25) is 9.18 Å². The molecule has 0 unspecified atom stereocenters. The van der Waals surface area contributed by atoms with E-state index in [0.717, 1.165) is 63.5 Å². The third-order valence-electron chi connectivity index (χ3n) is 6.21. The van der Waals surface area contributed by atoms with Crippen molar-refractivity contribution in [3.05, 3.63) is 41.9 Å². The fourth-order valence-corrected chi connectivity index (χ4v) is 4.18. The molecule has 2 saturated heterocycles. The number of piperidine rings is 1. The molecular weight excluding hydrogens is 397 g/mol. The van der Waals surface area contributed by atoms with E-state index in [-0.39, 0.29) is 24.1 Å². The standard InChI is InChI=1S/C23H28FN5O2/c1-27-10-12-28(13-11-27)18-2-4-20(26-23(30)22-5-3-19(16-25)31-22)21(14-18)29-8-6-17(15-24)7-9-29/h2-5,14,17H,6-13,15H2,1H3,(H,26,30). The van der Waals surface area contributed by atoms with Gasteiger partial charge in [0, 0.05) is 45.0 Å². The van der Waals surface area contributed by atoms with Crippen LogP contribution in [-0.4, -0.2) is 63.8 Å². The molecule has 1 amide bonds. The molecule has 0 saturated carbocycles. The molecule has 2 aliphatic heterocycles. The smallest absolute Gasteiger partial charge is 0.291 e. The van der Waals surface area contributed by atoms with Crippen LogP contribution in [0.1, 0.15) is 29.2 Å². The number of benzene rings is 1. The Hall–Kier alpha value is -3.05. The fourth-order valence-electron chi connectivity index (χ4n) is 4.18. The van der Waals surface area contributed by atoms with Crippen molar-refractivity contribution in [2.24, 2.45) is 5.92 Å². The van der Waals surface area contributed by atoms with Crippen LogP contribution >= 0.6 is 0 Å². The molecule has 2 fully saturated rings. The van der Waals surface area contributed by atoms with E-state index >= 15 is 0 Å². The molecule has 31 heavy (non-hydrogen) atoms. The van der Waals surface area contributed by atoms with E-state index in [0.29, 0.717) is 5.69 Å². The first kappa shape index (κ1) is 21.2. The minimum absolute atomic E-state index is 0.0989. The Morgan fingerprint density at radius 2 is 1.87 bits per heavy atom. The van der Waals surface area contributed by atoms with Crippen LogP contribution in [0.2, 0.25) is 0 Å². The number of piperazine rings is 1. The lowest BCUT2D eigenvalue weighted by molar-refractivity contribution is 0.0996. The highest BCUT2D eigenvalue weighted by atomic mass is 19.1. The molecule has 3 heterocycles. The zero-order valence-corrected chi connectivity index (χ0v) is 17.8. The van der Waals surface area contributed by atoms with E-state index in [1.54, 1.807) is 0 Å². The molecule has 0 radical (unpaired) electrons. The highest BCUT2D eigenvalue weighted by molar-refractivity contribution is 6.04. The van der Waals surface area contributed by atoms with Crippen LogP contribution in [0.25, 0.3) is 0 Å². The molecule has 1 aromatic carbocycles. The van der Waals surface area contributed by atoms with Gasteiger partial charge in [0.05, 0.1) is 18.0 Å². The lowest BCUT2D eigenvalue weighted by Gasteiger charge is -2.37. The first-order valence-corrected chi connectivity index (χ1v) is 10.8. The third-order valence-corrected chi connectivity index (χ3v) is 6.21. The van der Waals surface area contributed by atoms with Crippen LogP contribution in [0.15, 0.2) is 34.7 Å². The van der Waals surface area contributed by atoms with Crippen LogP contribution < -0.4 is 15.1 Å². The van der Waals surface area contributed by atoms with Crippen molar-refractivity contribution in [2.45, 2.75) is 12.8 Å². The van der Waals surface area contributed by atoms with Gasteiger partial charge in [-0.25, -0.2) is 0 Å². The van der Waals surface area contributed by atoms with Gasteiger partial charge in [-0.1, -0.05) is 0 Å². The van der Waals surface area contributed by atoms with Crippen LogP contribution in [-0.2, 0) is 0 Å². The van der Waals surface area contributed by atoms with Crippen molar-refractivity contribution in [1.29, 1.82) is 5.26 Å². The second-order valence-electron chi connectivity index (χ2n) is 8.31. The highest BCUT2D eigenvalue weighted by Gasteiger charge is 2.24. The van der Waals surface area contributed by atoms with E-state index in [2.05, 4.69) is 33.1 Å². The third kappa shape index (κ3) is 4.83. The second-order valence-corrected chi connectivity index (χ2v) is 8.31. The van der Waals surface area contributed by atoms with Crippen LogP contribution in [0.3, 0.4) is 0 Å². The monoisotopic (exact) mass is 425 g/mol.